The first-order chi connectivity index (χ1) is 8.66. The molecule has 1 aromatic carbocycles. The highest BCUT2D eigenvalue weighted by atomic mass is 16.5. The molecular formula is C14H22N2O2. The molecule has 18 heavy (non-hydrogen) atoms. The molecule has 0 spiro atoms. The molecule has 0 aromatic heterocycles. The van der Waals surface area contributed by atoms with Gasteiger partial charge in [-0.2, -0.15) is 0 Å². The van der Waals surface area contributed by atoms with Gasteiger partial charge in [-0.05, 0) is 25.5 Å². The molecule has 100 valence electrons. The maximum absolute atomic E-state index is 6.41. The molecule has 0 heterocycles. The number of hydrogen-bond donors (Lipinski definition) is 2. The summed E-state index contributed by atoms with van der Waals surface area (Å²) < 4.78 is 10.6. The lowest BCUT2D eigenvalue weighted by atomic mass is 9.62. The molecule has 1 atom stereocenters. The Morgan fingerprint density at radius 1 is 1.28 bits per heavy atom. The largest absolute Gasteiger partial charge is 0.497 e. The molecule has 4 heteroatoms. The number of nitrogens with two attached hydrogens (primary N) is 2. The Balaban J connectivity index is 2.32. The first-order valence-corrected chi connectivity index (χ1v) is 6.34. The Hall–Kier alpha value is -1.26. The van der Waals surface area contributed by atoms with Crippen molar-refractivity contribution in [1.29, 1.82) is 0 Å². The molecule has 0 bridgehead atoms. The first kappa shape index (κ1) is 13.2. The van der Waals surface area contributed by atoms with Crippen LogP contribution >= 0.6 is 0 Å². The second kappa shape index (κ2) is 5.16. The minimum atomic E-state index is -0.0721. The summed E-state index contributed by atoms with van der Waals surface area (Å²) in [7, 11) is 3.29. The van der Waals surface area contributed by atoms with Gasteiger partial charge >= 0.3 is 0 Å². The van der Waals surface area contributed by atoms with Crippen molar-refractivity contribution in [2.45, 2.75) is 25.3 Å². The van der Waals surface area contributed by atoms with Gasteiger partial charge in [-0.25, -0.2) is 0 Å². The molecule has 4 N–H and O–H groups in total. The third-order valence-electron chi connectivity index (χ3n) is 4.19. The summed E-state index contributed by atoms with van der Waals surface area (Å²) in [6, 6.07) is 5.70. The highest BCUT2D eigenvalue weighted by Gasteiger charge is 2.42. The third kappa shape index (κ3) is 2.06. The molecular weight excluding hydrogens is 228 g/mol. The normalized spacial score (nSPS) is 18.9. The van der Waals surface area contributed by atoms with E-state index < -0.39 is 0 Å². The Bertz CT molecular complexity index is 411. The van der Waals surface area contributed by atoms with Gasteiger partial charge in [0.25, 0.3) is 0 Å². The first-order valence-electron chi connectivity index (χ1n) is 6.34. The van der Waals surface area contributed by atoms with Crippen LogP contribution in [0.1, 0.15) is 30.9 Å². The molecule has 1 saturated carbocycles. The van der Waals surface area contributed by atoms with Crippen LogP contribution in [0.15, 0.2) is 18.2 Å². The van der Waals surface area contributed by atoms with Crippen LogP contribution in [0.25, 0.3) is 0 Å². The highest BCUT2D eigenvalue weighted by molar-refractivity contribution is 5.43. The van der Waals surface area contributed by atoms with Crippen molar-refractivity contribution < 1.29 is 9.47 Å². The minimum Gasteiger partial charge on any atom is -0.497 e. The SMILES string of the molecule is COc1ccc(C(N)C2(CN)CCC2)c(OC)c1. The van der Waals surface area contributed by atoms with Gasteiger partial charge in [0.15, 0.2) is 0 Å². The molecule has 1 aliphatic rings. The van der Waals surface area contributed by atoms with Gasteiger partial charge < -0.3 is 20.9 Å². The number of methoxy groups -OCH3 is 2. The molecule has 0 radical (unpaired) electrons. The van der Waals surface area contributed by atoms with Gasteiger partial charge in [0.2, 0.25) is 0 Å². The van der Waals surface area contributed by atoms with Crippen molar-refractivity contribution in [2.75, 3.05) is 20.8 Å². The lowest BCUT2D eigenvalue weighted by molar-refractivity contribution is 0.103. The summed E-state index contributed by atoms with van der Waals surface area (Å²) in [6.07, 6.45) is 3.41. The molecule has 1 aliphatic carbocycles. The van der Waals surface area contributed by atoms with Gasteiger partial charge in [0, 0.05) is 23.1 Å². The van der Waals surface area contributed by atoms with E-state index in [1.807, 2.05) is 18.2 Å². The standard InChI is InChI=1S/C14H22N2O2/c1-17-10-4-5-11(12(8-10)18-2)13(16)14(9-15)6-3-7-14/h4-5,8,13H,3,6-7,9,15-16H2,1-2H3. The average Bonchev–Trinajstić information content (AvgIpc) is 2.37. The van der Waals surface area contributed by atoms with E-state index in [2.05, 4.69) is 0 Å². The maximum Gasteiger partial charge on any atom is 0.127 e. The Kier molecular flexibility index (Phi) is 3.78. The fourth-order valence-electron chi connectivity index (χ4n) is 2.68. The predicted octanol–water partition coefficient (Wildman–Crippen LogP) is 1.83. The van der Waals surface area contributed by atoms with E-state index in [0.717, 1.165) is 29.9 Å². The van der Waals surface area contributed by atoms with Crippen molar-refractivity contribution in [3.05, 3.63) is 23.8 Å². The van der Waals surface area contributed by atoms with Crippen LogP contribution in [0.4, 0.5) is 0 Å². The van der Waals surface area contributed by atoms with Crippen molar-refractivity contribution >= 4 is 0 Å². The molecule has 1 fully saturated rings. The topological polar surface area (TPSA) is 70.5 Å². The van der Waals surface area contributed by atoms with Crippen LogP contribution in [0.5, 0.6) is 11.5 Å². The zero-order valence-electron chi connectivity index (χ0n) is 11.1. The number of rotatable bonds is 5. The summed E-state index contributed by atoms with van der Waals surface area (Å²) in [5.41, 5.74) is 13.4. The third-order valence-corrected chi connectivity index (χ3v) is 4.19. The summed E-state index contributed by atoms with van der Waals surface area (Å²) >= 11 is 0. The van der Waals surface area contributed by atoms with Crippen LogP contribution in [0.2, 0.25) is 0 Å². The second-order valence-corrected chi connectivity index (χ2v) is 5.01. The predicted molar refractivity (Wildman–Crippen MR) is 71.8 cm³/mol. The van der Waals surface area contributed by atoms with Gasteiger partial charge in [0.1, 0.15) is 11.5 Å². The molecule has 4 nitrogen and oxygen atoms in total. The monoisotopic (exact) mass is 250 g/mol. The van der Waals surface area contributed by atoms with Crippen LogP contribution in [-0.2, 0) is 0 Å². The zero-order chi connectivity index (χ0) is 13.2. The highest BCUT2D eigenvalue weighted by Crippen LogP contribution is 2.50. The van der Waals surface area contributed by atoms with Gasteiger partial charge in [-0.15, -0.1) is 0 Å². The lowest BCUT2D eigenvalue weighted by Gasteiger charge is -2.46. The van der Waals surface area contributed by atoms with Crippen LogP contribution in [0.3, 0.4) is 0 Å². The summed E-state index contributed by atoms with van der Waals surface area (Å²) in [5, 5.41) is 0. The Labute approximate surface area is 108 Å². The van der Waals surface area contributed by atoms with Crippen molar-refractivity contribution in [3.63, 3.8) is 0 Å². The van der Waals surface area contributed by atoms with E-state index in [-0.39, 0.29) is 11.5 Å². The summed E-state index contributed by atoms with van der Waals surface area (Å²) in [5.74, 6) is 1.56. The number of benzene rings is 1. The van der Waals surface area contributed by atoms with Crippen molar-refractivity contribution in [3.8, 4) is 11.5 Å². The quantitative estimate of drug-likeness (QED) is 0.836. The smallest absolute Gasteiger partial charge is 0.127 e. The Morgan fingerprint density at radius 3 is 2.44 bits per heavy atom. The summed E-state index contributed by atoms with van der Waals surface area (Å²) in [6.45, 7) is 0.628. The number of ether oxygens (including phenoxy) is 2. The van der Waals surface area contributed by atoms with E-state index >= 15 is 0 Å². The Morgan fingerprint density at radius 2 is 2.00 bits per heavy atom. The maximum atomic E-state index is 6.41. The van der Waals surface area contributed by atoms with Crippen LogP contribution in [-0.4, -0.2) is 20.8 Å². The van der Waals surface area contributed by atoms with E-state index in [4.69, 9.17) is 20.9 Å². The molecule has 0 saturated heterocycles. The van der Waals surface area contributed by atoms with Gasteiger partial charge in [-0.1, -0.05) is 12.5 Å². The van der Waals surface area contributed by atoms with Gasteiger partial charge in [0.05, 0.1) is 14.2 Å². The van der Waals surface area contributed by atoms with Gasteiger partial charge in [-0.3, -0.25) is 0 Å². The molecule has 1 unspecified atom stereocenters. The van der Waals surface area contributed by atoms with E-state index in [1.165, 1.54) is 6.42 Å². The summed E-state index contributed by atoms with van der Waals surface area (Å²) in [4.78, 5) is 0. The zero-order valence-corrected chi connectivity index (χ0v) is 11.1. The number of hydrogen-bond acceptors (Lipinski definition) is 4. The van der Waals surface area contributed by atoms with Crippen molar-refractivity contribution in [2.24, 2.45) is 16.9 Å². The molecule has 0 aliphatic heterocycles. The lowest BCUT2D eigenvalue weighted by Crippen LogP contribution is -2.46. The minimum absolute atomic E-state index is 0.0435. The van der Waals surface area contributed by atoms with E-state index in [9.17, 15) is 0 Å². The van der Waals surface area contributed by atoms with Crippen molar-refractivity contribution in [1.82, 2.24) is 0 Å². The van der Waals surface area contributed by atoms with Crippen LogP contribution in [0, 0.1) is 5.41 Å². The molecule has 1 aromatic rings. The molecule has 0 amide bonds. The van der Waals surface area contributed by atoms with Crippen LogP contribution < -0.4 is 20.9 Å². The molecule has 2 rings (SSSR count). The fraction of sp³-hybridized carbons (Fsp3) is 0.571. The van der Waals surface area contributed by atoms with E-state index in [1.54, 1.807) is 14.2 Å². The average molecular weight is 250 g/mol. The second-order valence-electron chi connectivity index (χ2n) is 5.01. The fourth-order valence-corrected chi connectivity index (χ4v) is 2.68. The van der Waals surface area contributed by atoms with E-state index in [0.29, 0.717) is 6.54 Å².